The summed E-state index contributed by atoms with van der Waals surface area (Å²) in [6, 6.07) is 19.5. The number of methoxy groups -OCH3 is 2. The van der Waals surface area contributed by atoms with Crippen molar-refractivity contribution in [3.8, 4) is 11.1 Å². The first-order chi connectivity index (χ1) is 29.4. The second kappa shape index (κ2) is 16.0. The third-order valence-electron chi connectivity index (χ3n) is 13.3. The number of rotatable bonds is 9. The topological polar surface area (TPSA) is 175 Å². The van der Waals surface area contributed by atoms with Crippen LogP contribution in [0.1, 0.15) is 90.0 Å². The molecule has 3 aliphatic rings. The van der Waals surface area contributed by atoms with E-state index in [2.05, 4.69) is 75.2 Å². The van der Waals surface area contributed by atoms with Gasteiger partial charge in [0.05, 0.1) is 48.4 Å². The Labute approximate surface area is 354 Å². The molecule has 4 amide bonds. The number of likely N-dealkylation sites (tertiary alicyclic amines) is 2. The SMILES string of the molecule is COC(=O)NC(C(=O)N1CCC[C@H]1c1nc2c(ccc3cc(-c4ccc5c(ccc6[nH]c([C@@H]7C[C@@H]8CCC[C@@H]8N7C(=O)[C@@H](NC(=O)OC)C(C)C)nc65)c4)ccc32)[nH]1)C(C)C. The van der Waals surface area contributed by atoms with Crippen LogP contribution < -0.4 is 10.6 Å². The van der Waals surface area contributed by atoms with Crippen molar-refractivity contribution >= 4 is 67.6 Å². The van der Waals surface area contributed by atoms with Crippen LogP contribution in [-0.4, -0.2) is 92.6 Å². The molecule has 3 fully saturated rings. The van der Waals surface area contributed by atoms with Crippen LogP contribution in [0.2, 0.25) is 0 Å². The molecule has 0 radical (unpaired) electrons. The van der Waals surface area contributed by atoms with Crippen molar-refractivity contribution in [2.75, 3.05) is 20.8 Å². The number of nitrogens with zero attached hydrogens (tertiary/aromatic N) is 4. The Balaban J connectivity index is 0.988. The lowest BCUT2D eigenvalue weighted by atomic mass is 9.98. The van der Waals surface area contributed by atoms with Crippen molar-refractivity contribution in [3.05, 3.63) is 72.3 Å². The fourth-order valence-corrected chi connectivity index (χ4v) is 10.2. The molecule has 0 spiro atoms. The van der Waals surface area contributed by atoms with Gasteiger partial charge in [-0.15, -0.1) is 0 Å². The van der Waals surface area contributed by atoms with E-state index in [1.807, 2.05) is 43.6 Å². The average molecular weight is 827 g/mol. The molecule has 2 saturated heterocycles. The van der Waals surface area contributed by atoms with Gasteiger partial charge in [0, 0.05) is 23.4 Å². The Bertz CT molecular complexity index is 2690. The van der Waals surface area contributed by atoms with Gasteiger partial charge < -0.3 is 39.9 Å². The Hall–Kier alpha value is -6.18. The monoisotopic (exact) mass is 826 g/mol. The number of hydrogen-bond donors (Lipinski definition) is 4. The number of amides is 4. The maximum absolute atomic E-state index is 14.3. The minimum atomic E-state index is -0.698. The molecule has 4 N–H and O–H groups in total. The zero-order valence-corrected chi connectivity index (χ0v) is 35.6. The zero-order valence-electron chi connectivity index (χ0n) is 35.6. The lowest BCUT2D eigenvalue weighted by Gasteiger charge is -2.33. The molecule has 1 aliphatic carbocycles. The zero-order chi connectivity index (χ0) is 42.7. The van der Waals surface area contributed by atoms with E-state index < -0.39 is 24.3 Å². The summed E-state index contributed by atoms with van der Waals surface area (Å²) in [5, 5.41) is 9.68. The summed E-state index contributed by atoms with van der Waals surface area (Å²) in [4.78, 5) is 73.6. The van der Waals surface area contributed by atoms with Gasteiger partial charge in [0.2, 0.25) is 11.8 Å². The van der Waals surface area contributed by atoms with Gasteiger partial charge in [0.25, 0.3) is 0 Å². The molecule has 61 heavy (non-hydrogen) atoms. The van der Waals surface area contributed by atoms with Gasteiger partial charge in [0.15, 0.2) is 0 Å². The Morgan fingerprint density at radius 1 is 0.672 bits per heavy atom. The number of alkyl carbamates (subject to hydrolysis) is 2. The third-order valence-corrected chi connectivity index (χ3v) is 13.3. The molecule has 0 bridgehead atoms. The summed E-state index contributed by atoms with van der Waals surface area (Å²) < 4.78 is 9.68. The summed E-state index contributed by atoms with van der Waals surface area (Å²) in [6.07, 6.45) is 4.34. The minimum Gasteiger partial charge on any atom is -0.453 e. The number of aromatic amines is 2. The molecule has 2 aliphatic heterocycles. The van der Waals surface area contributed by atoms with Crippen molar-refractivity contribution in [3.63, 3.8) is 0 Å². The largest absolute Gasteiger partial charge is 0.453 e. The van der Waals surface area contributed by atoms with Gasteiger partial charge in [-0.2, -0.15) is 0 Å². The second-order valence-corrected chi connectivity index (χ2v) is 17.7. The van der Waals surface area contributed by atoms with E-state index >= 15 is 0 Å². The van der Waals surface area contributed by atoms with E-state index in [1.54, 1.807) is 0 Å². The lowest BCUT2D eigenvalue weighted by Crippen LogP contribution is -2.53. The van der Waals surface area contributed by atoms with Gasteiger partial charge in [0.1, 0.15) is 23.7 Å². The molecule has 14 heteroatoms. The smallest absolute Gasteiger partial charge is 0.407 e. The molecule has 6 aromatic rings. The van der Waals surface area contributed by atoms with Crippen LogP contribution in [0.5, 0.6) is 0 Å². The summed E-state index contributed by atoms with van der Waals surface area (Å²) in [5.74, 6) is 1.47. The van der Waals surface area contributed by atoms with Crippen LogP contribution in [0, 0.1) is 17.8 Å². The number of nitrogens with one attached hydrogen (secondary N) is 4. The standard InChI is InChI=1S/C47H54N8O6/c1-24(2)38(52-46(58)60-5)44(56)54-20-8-11-36(54)42-48-33-18-14-28-21-26(12-16-31(28)40(33)50-42)27-13-17-32-29(22-27)15-19-34-41(32)51-43(49-34)37-23-30-9-7-10-35(30)55(37)45(57)39(25(3)4)53-47(59)61-6/h12-19,21-22,24-25,30,35-39H,7-11,20,23H2,1-6H3,(H,48,50)(H,49,51)(H,52,58)(H,53,59)/t30-,35-,36-,37-,38?,39-/m0/s1. The average Bonchev–Trinajstić information content (AvgIpc) is 4.11. The summed E-state index contributed by atoms with van der Waals surface area (Å²) in [6.45, 7) is 8.30. The predicted octanol–water partition coefficient (Wildman–Crippen LogP) is 8.28. The molecular formula is C47H54N8O6. The number of benzene rings is 4. The quantitative estimate of drug-likeness (QED) is 0.113. The van der Waals surface area contributed by atoms with E-state index in [0.29, 0.717) is 12.5 Å². The van der Waals surface area contributed by atoms with Crippen LogP contribution in [0.15, 0.2) is 60.7 Å². The highest BCUT2D eigenvalue weighted by Crippen LogP contribution is 2.48. The number of imidazole rings is 2. The van der Waals surface area contributed by atoms with Gasteiger partial charge >= 0.3 is 12.2 Å². The highest BCUT2D eigenvalue weighted by atomic mass is 16.5. The molecule has 6 atom stereocenters. The molecule has 1 saturated carbocycles. The minimum absolute atomic E-state index is 0.0859. The fraction of sp³-hybridized carbons (Fsp3) is 0.447. The highest BCUT2D eigenvalue weighted by Gasteiger charge is 2.49. The van der Waals surface area contributed by atoms with Crippen molar-refractivity contribution in [2.45, 2.75) is 96.4 Å². The Morgan fingerprint density at radius 3 is 1.75 bits per heavy atom. The molecule has 14 nitrogen and oxygen atoms in total. The van der Waals surface area contributed by atoms with E-state index in [9.17, 15) is 19.2 Å². The first kappa shape index (κ1) is 40.2. The molecule has 1 unspecified atom stereocenters. The first-order valence-corrected chi connectivity index (χ1v) is 21.6. The van der Waals surface area contributed by atoms with Crippen LogP contribution in [-0.2, 0) is 19.1 Å². The molecule has 4 heterocycles. The van der Waals surface area contributed by atoms with Crippen molar-refractivity contribution in [1.29, 1.82) is 0 Å². The van der Waals surface area contributed by atoms with Crippen LogP contribution in [0.25, 0.3) is 54.7 Å². The van der Waals surface area contributed by atoms with Crippen LogP contribution in [0.3, 0.4) is 0 Å². The number of hydrogen-bond acceptors (Lipinski definition) is 8. The van der Waals surface area contributed by atoms with Gasteiger partial charge in [-0.05, 0) is 96.0 Å². The number of fused-ring (bicyclic) bond motifs is 7. The number of aromatic nitrogens is 4. The van der Waals surface area contributed by atoms with E-state index in [-0.39, 0.29) is 41.8 Å². The first-order valence-electron chi connectivity index (χ1n) is 21.6. The van der Waals surface area contributed by atoms with E-state index in [4.69, 9.17) is 19.4 Å². The lowest BCUT2D eigenvalue weighted by molar-refractivity contribution is -0.138. The maximum atomic E-state index is 14.3. The van der Waals surface area contributed by atoms with E-state index in [1.165, 1.54) is 14.2 Å². The number of ether oxygens (including phenoxy) is 2. The molecule has 318 valence electrons. The molecule has 9 rings (SSSR count). The number of carbonyl (C=O) groups excluding carboxylic acids is 4. The van der Waals surface area contributed by atoms with Crippen LogP contribution >= 0.6 is 0 Å². The second-order valence-electron chi connectivity index (χ2n) is 17.7. The number of H-pyrrole nitrogens is 2. The van der Waals surface area contributed by atoms with Crippen molar-refractivity contribution < 1.29 is 28.7 Å². The maximum Gasteiger partial charge on any atom is 0.407 e. The van der Waals surface area contributed by atoms with Crippen molar-refractivity contribution in [1.82, 2.24) is 40.4 Å². The van der Waals surface area contributed by atoms with Gasteiger partial charge in [-0.3, -0.25) is 9.59 Å². The summed E-state index contributed by atoms with van der Waals surface area (Å²) >= 11 is 0. The Kier molecular flexibility index (Phi) is 10.6. The summed E-state index contributed by atoms with van der Waals surface area (Å²) in [7, 11) is 2.61. The van der Waals surface area contributed by atoms with Gasteiger partial charge in [-0.1, -0.05) is 70.5 Å². The summed E-state index contributed by atoms with van der Waals surface area (Å²) in [5.41, 5.74) is 5.70. The predicted molar refractivity (Wildman–Crippen MR) is 234 cm³/mol. The molecule has 4 aromatic carbocycles. The van der Waals surface area contributed by atoms with Crippen molar-refractivity contribution in [2.24, 2.45) is 17.8 Å². The van der Waals surface area contributed by atoms with Gasteiger partial charge in [-0.25, -0.2) is 19.6 Å². The third kappa shape index (κ3) is 7.19. The Morgan fingerprint density at radius 2 is 1.21 bits per heavy atom. The van der Waals surface area contributed by atoms with Crippen LogP contribution in [0.4, 0.5) is 9.59 Å². The molecule has 2 aromatic heterocycles. The van der Waals surface area contributed by atoms with E-state index in [0.717, 1.165) is 105 Å². The molecular weight excluding hydrogens is 773 g/mol. The number of carbonyl (C=O) groups is 4. The normalized spacial score (nSPS) is 21.2. The fourth-order valence-electron chi connectivity index (χ4n) is 10.2. The highest BCUT2D eigenvalue weighted by molar-refractivity contribution is 6.07.